The minimum Gasteiger partial charge on any atom is -0.353 e. The Labute approximate surface area is 103 Å². The summed E-state index contributed by atoms with van der Waals surface area (Å²) in [5, 5.41) is 3.11. The summed E-state index contributed by atoms with van der Waals surface area (Å²) in [5.74, 6) is 1.85. The van der Waals surface area contributed by atoms with Gasteiger partial charge in [0.05, 0.1) is 11.9 Å². The Morgan fingerprint density at radius 2 is 2.24 bits per heavy atom. The number of piperidine rings is 1. The second-order valence-corrected chi connectivity index (χ2v) is 5.07. The first-order valence-electron chi connectivity index (χ1n) is 6.43. The second-order valence-electron chi connectivity index (χ2n) is 5.07. The summed E-state index contributed by atoms with van der Waals surface area (Å²) < 4.78 is 0. The van der Waals surface area contributed by atoms with E-state index in [4.69, 9.17) is 0 Å². The maximum Gasteiger partial charge on any atom is 0.147 e. The van der Waals surface area contributed by atoms with Crippen molar-refractivity contribution >= 4 is 5.82 Å². The molecule has 1 aliphatic rings. The normalized spacial score (nSPS) is 25.0. The summed E-state index contributed by atoms with van der Waals surface area (Å²) >= 11 is 0. The van der Waals surface area contributed by atoms with Crippen molar-refractivity contribution in [1.29, 1.82) is 0 Å². The maximum atomic E-state index is 4.66. The summed E-state index contributed by atoms with van der Waals surface area (Å²) in [6, 6.07) is 0.567. The van der Waals surface area contributed by atoms with Crippen LogP contribution in [-0.4, -0.2) is 29.6 Å². The van der Waals surface area contributed by atoms with Crippen molar-refractivity contribution in [2.24, 2.45) is 5.92 Å². The third kappa shape index (κ3) is 2.94. The molecule has 0 saturated carbocycles. The van der Waals surface area contributed by atoms with Gasteiger partial charge in [0.25, 0.3) is 0 Å². The van der Waals surface area contributed by atoms with E-state index in [2.05, 4.69) is 34.0 Å². The van der Waals surface area contributed by atoms with Crippen molar-refractivity contribution in [3.8, 4) is 0 Å². The van der Waals surface area contributed by atoms with Gasteiger partial charge in [0.1, 0.15) is 5.82 Å². The van der Waals surface area contributed by atoms with Crippen LogP contribution in [-0.2, 0) is 6.54 Å². The molecule has 17 heavy (non-hydrogen) atoms. The second kappa shape index (κ2) is 5.45. The predicted molar refractivity (Wildman–Crippen MR) is 70.0 cm³/mol. The highest BCUT2D eigenvalue weighted by molar-refractivity contribution is 5.38. The van der Waals surface area contributed by atoms with Crippen LogP contribution in [0.2, 0.25) is 0 Å². The smallest absolute Gasteiger partial charge is 0.147 e. The van der Waals surface area contributed by atoms with Gasteiger partial charge in [0.15, 0.2) is 0 Å². The highest BCUT2D eigenvalue weighted by Gasteiger charge is 2.24. The van der Waals surface area contributed by atoms with E-state index in [0.29, 0.717) is 6.04 Å². The van der Waals surface area contributed by atoms with E-state index in [1.165, 1.54) is 12.8 Å². The highest BCUT2D eigenvalue weighted by atomic mass is 15.2. The van der Waals surface area contributed by atoms with Crippen LogP contribution in [0.5, 0.6) is 0 Å². The van der Waals surface area contributed by atoms with Crippen molar-refractivity contribution in [1.82, 2.24) is 15.3 Å². The lowest BCUT2D eigenvalue weighted by Gasteiger charge is -2.37. The average molecular weight is 234 g/mol. The molecule has 0 bridgehead atoms. The molecule has 1 N–H and O–H groups in total. The van der Waals surface area contributed by atoms with Gasteiger partial charge < -0.3 is 10.2 Å². The number of hydrogen-bond donors (Lipinski definition) is 1. The fraction of sp³-hybridized carbons (Fsp3) is 0.692. The number of anilines is 1. The summed E-state index contributed by atoms with van der Waals surface area (Å²) in [5.41, 5.74) is 1.01. The Hall–Kier alpha value is -1.16. The molecule has 1 fully saturated rings. The van der Waals surface area contributed by atoms with E-state index in [0.717, 1.165) is 30.5 Å². The van der Waals surface area contributed by atoms with E-state index >= 15 is 0 Å². The zero-order valence-corrected chi connectivity index (χ0v) is 11.0. The monoisotopic (exact) mass is 234 g/mol. The van der Waals surface area contributed by atoms with Crippen LogP contribution in [0.1, 0.15) is 32.4 Å². The molecule has 0 spiro atoms. The zero-order chi connectivity index (χ0) is 12.3. The van der Waals surface area contributed by atoms with Crippen LogP contribution in [0.3, 0.4) is 0 Å². The van der Waals surface area contributed by atoms with E-state index < -0.39 is 0 Å². The van der Waals surface area contributed by atoms with Gasteiger partial charge in [-0.2, -0.15) is 0 Å². The lowest BCUT2D eigenvalue weighted by atomic mass is 9.93. The first kappa shape index (κ1) is 12.3. The summed E-state index contributed by atoms with van der Waals surface area (Å²) in [4.78, 5) is 11.3. The maximum absolute atomic E-state index is 4.66. The molecule has 0 aliphatic carbocycles. The third-order valence-electron chi connectivity index (χ3n) is 3.46. The van der Waals surface area contributed by atoms with E-state index in [1.807, 2.05) is 19.4 Å². The zero-order valence-electron chi connectivity index (χ0n) is 11.0. The largest absolute Gasteiger partial charge is 0.353 e. The average Bonchev–Trinajstić information content (AvgIpc) is 2.29. The predicted octanol–water partition coefficient (Wildman–Crippen LogP) is 1.82. The van der Waals surface area contributed by atoms with Crippen molar-refractivity contribution in [3.63, 3.8) is 0 Å². The quantitative estimate of drug-likeness (QED) is 0.866. The highest BCUT2D eigenvalue weighted by Crippen LogP contribution is 2.25. The Bertz CT molecular complexity index is 366. The third-order valence-corrected chi connectivity index (χ3v) is 3.46. The Morgan fingerprint density at radius 1 is 1.41 bits per heavy atom. The Morgan fingerprint density at radius 3 is 2.94 bits per heavy atom. The summed E-state index contributed by atoms with van der Waals surface area (Å²) in [6.07, 6.45) is 6.21. The van der Waals surface area contributed by atoms with Gasteiger partial charge in [0.2, 0.25) is 0 Å². The molecular weight excluding hydrogens is 212 g/mol. The fourth-order valence-corrected chi connectivity index (χ4v) is 2.55. The molecular formula is C13H22N4. The van der Waals surface area contributed by atoms with E-state index in [1.54, 1.807) is 0 Å². The van der Waals surface area contributed by atoms with Crippen LogP contribution in [0.15, 0.2) is 12.4 Å². The minimum absolute atomic E-state index is 0.567. The van der Waals surface area contributed by atoms with E-state index in [-0.39, 0.29) is 0 Å². The molecule has 0 aromatic carbocycles. The lowest BCUT2D eigenvalue weighted by molar-refractivity contribution is 0.375. The molecule has 2 heterocycles. The molecule has 94 valence electrons. The number of nitrogens with zero attached hydrogens (tertiary/aromatic N) is 3. The number of nitrogens with one attached hydrogen (secondary N) is 1. The van der Waals surface area contributed by atoms with Gasteiger partial charge in [-0.25, -0.2) is 4.98 Å². The van der Waals surface area contributed by atoms with Crippen LogP contribution in [0.4, 0.5) is 5.82 Å². The summed E-state index contributed by atoms with van der Waals surface area (Å²) in [7, 11) is 1.93. The molecule has 4 heteroatoms. The first-order valence-corrected chi connectivity index (χ1v) is 6.43. The van der Waals surface area contributed by atoms with Crippen LogP contribution >= 0.6 is 0 Å². The molecule has 1 aliphatic heterocycles. The minimum atomic E-state index is 0.567. The van der Waals surface area contributed by atoms with Crippen molar-refractivity contribution in [3.05, 3.63) is 18.1 Å². The number of aromatic nitrogens is 2. The lowest BCUT2D eigenvalue weighted by Crippen LogP contribution is -2.40. The van der Waals surface area contributed by atoms with Gasteiger partial charge in [-0.15, -0.1) is 0 Å². The molecule has 0 amide bonds. The van der Waals surface area contributed by atoms with Crippen LogP contribution < -0.4 is 10.2 Å². The van der Waals surface area contributed by atoms with Gasteiger partial charge in [0, 0.05) is 25.3 Å². The molecule has 1 saturated heterocycles. The number of hydrogen-bond acceptors (Lipinski definition) is 4. The van der Waals surface area contributed by atoms with Crippen molar-refractivity contribution in [2.45, 2.75) is 39.3 Å². The van der Waals surface area contributed by atoms with Crippen LogP contribution in [0, 0.1) is 5.92 Å². The molecule has 1 aromatic heterocycles. The molecule has 2 rings (SSSR count). The van der Waals surface area contributed by atoms with Crippen molar-refractivity contribution < 1.29 is 0 Å². The Kier molecular flexibility index (Phi) is 3.94. The number of rotatable bonds is 3. The Balaban J connectivity index is 2.13. The van der Waals surface area contributed by atoms with E-state index in [9.17, 15) is 0 Å². The SMILES string of the molecule is CNCc1cncc(N2CCC(C)CC2C)n1. The fourth-order valence-electron chi connectivity index (χ4n) is 2.55. The molecule has 2 unspecified atom stereocenters. The van der Waals surface area contributed by atoms with Crippen molar-refractivity contribution in [2.75, 3.05) is 18.5 Å². The standard InChI is InChI=1S/C13H22N4/c1-10-4-5-17(11(2)6-10)13-9-15-8-12(16-13)7-14-3/h8-11,14H,4-7H2,1-3H3. The summed E-state index contributed by atoms with van der Waals surface area (Å²) in [6.45, 7) is 6.48. The van der Waals surface area contributed by atoms with Gasteiger partial charge in [-0.1, -0.05) is 6.92 Å². The van der Waals surface area contributed by atoms with Gasteiger partial charge in [-0.05, 0) is 32.7 Å². The van der Waals surface area contributed by atoms with Gasteiger partial charge >= 0.3 is 0 Å². The molecule has 4 nitrogen and oxygen atoms in total. The molecule has 0 radical (unpaired) electrons. The van der Waals surface area contributed by atoms with Crippen LogP contribution in [0.25, 0.3) is 0 Å². The molecule has 1 aromatic rings. The first-order chi connectivity index (χ1) is 8.20. The van der Waals surface area contributed by atoms with Gasteiger partial charge in [-0.3, -0.25) is 4.98 Å². The topological polar surface area (TPSA) is 41.1 Å². The molecule has 2 atom stereocenters.